The second-order valence-electron chi connectivity index (χ2n) is 7.08. The van der Waals surface area contributed by atoms with Gasteiger partial charge in [0.15, 0.2) is 0 Å². The molecular weight excluding hydrogens is 294 g/mol. The van der Waals surface area contributed by atoms with Crippen LogP contribution in [-0.2, 0) is 11.3 Å². The lowest BCUT2D eigenvalue weighted by atomic mass is 10.1. The van der Waals surface area contributed by atoms with E-state index in [2.05, 4.69) is 5.32 Å². The molecule has 124 valence electrons. The van der Waals surface area contributed by atoms with Crippen LogP contribution in [-0.4, -0.2) is 46.7 Å². The Balaban J connectivity index is 1.65. The van der Waals surface area contributed by atoms with Crippen LogP contribution in [0.1, 0.15) is 32.8 Å². The quantitative estimate of drug-likeness (QED) is 0.866. The predicted octanol–water partition coefficient (Wildman–Crippen LogP) is 3.04. The first-order valence-corrected chi connectivity index (χ1v) is 7.97. The number of para-hydroxylation sites is 1. The Morgan fingerprint density at radius 2 is 2.04 bits per heavy atom. The Hall–Kier alpha value is -2.24. The van der Waals surface area contributed by atoms with Crippen molar-refractivity contribution in [3.8, 4) is 0 Å². The zero-order chi connectivity index (χ0) is 16.6. The first kappa shape index (κ1) is 15.6. The summed E-state index contributed by atoms with van der Waals surface area (Å²) in [6, 6.07) is 7.73. The second kappa shape index (κ2) is 5.76. The number of likely N-dealkylation sites (tertiary alicyclic amines) is 1. The SMILES string of the molecule is CC(C)(C)OC(=O)N1CCC(N2Cc3ccccc3NC2=O)C1. The number of nitrogens with one attached hydrogen (secondary N) is 1. The van der Waals surface area contributed by atoms with Gasteiger partial charge in [0.25, 0.3) is 0 Å². The summed E-state index contributed by atoms with van der Waals surface area (Å²) in [5, 5.41) is 2.92. The first-order valence-electron chi connectivity index (χ1n) is 7.97. The molecule has 1 atom stereocenters. The van der Waals surface area contributed by atoms with E-state index in [4.69, 9.17) is 4.74 Å². The Bertz CT molecular complexity index is 624. The van der Waals surface area contributed by atoms with E-state index in [1.165, 1.54) is 0 Å². The van der Waals surface area contributed by atoms with Crippen LogP contribution in [0.15, 0.2) is 24.3 Å². The van der Waals surface area contributed by atoms with Gasteiger partial charge in [-0.1, -0.05) is 18.2 Å². The van der Waals surface area contributed by atoms with Crippen molar-refractivity contribution >= 4 is 17.8 Å². The summed E-state index contributed by atoms with van der Waals surface area (Å²) < 4.78 is 5.41. The fraction of sp³-hybridized carbons (Fsp3) is 0.529. The molecular formula is C17H23N3O3. The van der Waals surface area contributed by atoms with Gasteiger partial charge in [-0.25, -0.2) is 9.59 Å². The average Bonchev–Trinajstić information content (AvgIpc) is 2.94. The minimum absolute atomic E-state index is 0.0240. The molecule has 2 aliphatic heterocycles. The van der Waals surface area contributed by atoms with Gasteiger partial charge in [0.2, 0.25) is 0 Å². The number of rotatable bonds is 1. The van der Waals surface area contributed by atoms with Gasteiger partial charge in [-0.15, -0.1) is 0 Å². The Kier molecular flexibility index (Phi) is 3.92. The molecule has 6 nitrogen and oxygen atoms in total. The van der Waals surface area contributed by atoms with E-state index in [1.807, 2.05) is 49.9 Å². The molecule has 1 saturated heterocycles. The van der Waals surface area contributed by atoms with Crippen molar-refractivity contribution in [2.45, 2.75) is 45.4 Å². The van der Waals surface area contributed by atoms with E-state index in [-0.39, 0.29) is 18.2 Å². The molecule has 0 spiro atoms. The van der Waals surface area contributed by atoms with E-state index in [1.54, 1.807) is 4.90 Å². The number of benzene rings is 1. The fourth-order valence-electron chi connectivity index (χ4n) is 3.01. The molecule has 2 aliphatic rings. The summed E-state index contributed by atoms with van der Waals surface area (Å²) >= 11 is 0. The minimum Gasteiger partial charge on any atom is -0.444 e. The highest BCUT2D eigenvalue weighted by atomic mass is 16.6. The van der Waals surface area contributed by atoms with Gasteiger partial charge < -0.3 is 19.9 Å². The van der Waals surface area contributed by atoms with Crippen molar-refractivity contribution in [3.05, 3.63) is 29.8 Å². The lowest BCUT2D eigenvalue weighted by molar-refractivity contribution is 0.0282. The van der Waals surface area contributed by atoms with Crippen LogP contribution in [0.4, 0.5) is 15.3 Å². The van der Waals surface area contributed by atoms with Crippen molar-refractivity contribution in [2.75, 3.05) is 18.4 Å². The van der Waals surface area contributed by atoms with Crippen LogP contribution < -0.4 is 5.32 Å². The van der Waals surface area contributed by atoms with Gasteiger partial charge in [0, 0.05) is 25.3 Å². The number of ether oxygens (including phenoxy) is 1. The predicted molar refractivity (Wildman–Crippen MR) is 87.2 cm³/mol. The molecule has 1 aromatic rings. The molecule has 0 aliphatic carbocycles. The molecule has 23 heavy (non-hydrogen) atoms. The smallest absolute Gasteiger partial charge is 0.410 e. The van der Waals surface area contributed by atoms with Crippen LogP contribution in [0.25, 0.3) is 0 Å². The van der Waals surface area contributed by atoms with Crippen LogP contribution in [0.3, 0.4) is 0 Å². The summed E-state index contributed by atoms with van der Waals surface area (Å²) in [4.78, 5) is 28.0. The number of carbonyl (C=O) groups is 2. The highest BCUT2D eigenvalue weighted by molar-refractivity contribution is 5.92. The average molecular weight is 317 g/mol. The topological polar surface area (TPSA) is 61.9 Å². The number of hydrogen-bond donors (Lipinski definition) is 1. The van der Waals surface area contributed by atoms with Gasteiger partial charge in [0.1, 0.15) is 5.60 Å². The third-order valence-electron chi connectivity index (χ3n) is 4.12. The molecule has 1 aromatic carbocycles. The monoisotopic (exact) mass is 317 g/mol. The lowest BCUT2D eigenvalue weighted by Crippen LogP contribution is -2.47. The van der Waals surface area contributed by atoms with Crippen LogP contribution in [0.5, 0.6) is 0 Å². The van der Waals surface area contributed by atoms with E-state index >= 15 is 0 Å². The van der Waals surface area contributed by atoms with Gasteiger partial charge in [0.05, 0.1) is 6.04 Å². The number of anilines is 1. The van der Waals surface area contributed by atoms with Gasteiger partial charge in [-0.3, -0.25) is 0 Å². The van der Waals surface area contributed by atoms with Crippen LogP contribution in [0.2, 0.25) is 0 Å². The molecule has 6 heteroatoms. The van der Waals surface area contributed by atoms with Crippen LogP contribution >= 0.6 is 0 Å². The highest BCUT2D eigenvalue weighted by Crippen LogP contribution is 2.27. The van der Waals surface area contributed by atoms with E-state index < -0.39 is 5.60 Å². The minimum atomic E-state index is -0.503. The van der Waals surface area contributed by atoms with Crippen LogP contribution in [0, 0.1) is 0 Å². The van der Waals surface area contributed by atoms with Crippen molar-refractivity contribution in [2.24, 2.45) is 0 Å². The Morgan fingerprint density at radius 1 is 1.30 bits per heavy atom. The molecule has 1 fully saturated rings. The number of urea groups is 1. The summed E-state index contributed by atoms with van der Waals surface area (Å²) in [5.74, 6) is 0. The van der Waals surface area contributed by atoms with Crippen molar-refractivity contribution in [3.63, 3.8) is 0 Å². The largest absolute Gasteiger partial charge is 0.444 e. The molecule has 0 bridgehead atoms. The molecule has 1 N–H and O–H groups in total. The van der Waals surface area contributed by atoms with Crippen molar-refractivity contribution in [1.82, 2.24) is 9.80 Å². The number of hydrogen-bond acceptors (Lipinski definition) is 3. The highest BCUT2D eigenvalue weighted by Gasteiger charge is 2.36. The number of carbonyl (C=O) groups excluding carboxylic acids is 2. The molecule has 0 saturated carbocycles. The van der Waals surface area contributed by atoms with Crippen molar-refractivity contribution in [1.29, 1.82) is 0 Å². The summed E-state index contributed by atoms with van der Waals surface area (Å²) in [5.41, 5.74) is 1.47. The van der Waals surface area contributed by atoms with Gasteiger partial charge >= 0.3 is 12.1 Å². The third kappa shape index (κ3) is 3.41. The number of nitrogens with zero attached hydrogens (tertiary/aromatic N) is 2. The molecule has 2 heterocycles. The van der Waals surface area contributed by atoms with E-state index in [9.17, 15) is 9.59 Å². The zero-order valence-electron chi connectivity index (χ0n) is 13.8. The third-order valence-corrected chi connectivity index (χ3v) is 4.12. The lowest BCUT2D eigenvalue weighted by Gasteiger charge is -2.34. The molecule has 3 amide bonds. The summed E-state index contributed by atoms with van der Waals surface area (Å²) in [6.07, 6.45) is 0.465. The second-order valence-corrected chi connectivity index (χ2v) is 7.08. The Morgan fingerprint density at radius 3 is 2.78 bits per heavy atom. The zero-order valence-corrected chi connectivity index (χ0v) is 13.8. The maximum absolute atomic E-state index is 12.3. The fourth-order valence-corrected chi connectivity index (χ4v) is 3.01. The Labute approximate surface area is 136 Å². The van der Waals surface area contributed by atoms with E-state index in [0.29, 0.717) is 19.6 Å². The normalized spacial score (nSPS) is 21.0. The summed E-state index contributed by atoms with van der Waals surface area (Å²) in [7, 11) is 0. The molecule has 3 rings (SSSR count). The molecule has 1 unspecified atom stereocenters. The van der Waals surface area contributed by atoms with Gasteiger partial charge in [-0.2, -0.15) is 0 Å². The number of amides is 3. The molecule has 0 aromatic heterocycles. The summed E-state index contributed by atoms with van der Waals surface area (Å²) in [6.45, 7) is 7.28. The molecule has 0 radical (unpaired) electrons. The van der Waals surface area contributed by atoms with E-state index in [0.717, 1.165) is 17.7 Å². The standard InChI is InChI=1S/C17H23N3O3/c1-17(2,3)23-16(22)19-9-8-13(11-19)20-10-12-6-4-5-7-14(12)18-15(20)21/h4-7,13H,8-11H2,1-3H3,(H,18,21). The first-order chi connectivity index (χ1) is 10.8. The number of fused-ring (bicyclic) bond motifs is 1. The maximum atomic E-state index is 12.3. The maximum Gasteiger partial charge on any atom is 0.410 e. The van der Waals surface area contributed by atoms with Crippen molar-refractivity contribution < 1.29 is 14.3 Å². The van der Waals surface area contributed by atoms with Gasteiger partial charge in [-0.05, 0) is 38.8 Å².